The van der Waals surface area contributed by atoms with Gasteiger partial charge in [0.1, 0.15) is 17.7 Å². The summed E-state index contributed by atoms with van der Waals surface area (Å²) in [6, 6.07) is 11.2. The molecular formula is C30H33N7O4. The first kappa shape index (κ1) is 29.4. The van der Waals surface area contributed by atoms with E-state index in [4.69, 9.17) is 9.47 Å². The van der Waals surface area contributed by atoms with E-state index in [9.17, 15) is 20.4 Å². The van der Waals surface area contributed by atoms with Crippen LogP contribution < -0.4 is 10.2 Å². The quantitative estimate of drug-likeness (QED) is 0.376. The zero-order valence-electron chi connectivity index (χ0n) is 23.9. The van der Waals surface area contributed by atoms with Gasteiger partial charge in [-0.3, -0.25) is 9.88 Å². The molecule has 11 heteroatoms. The van der Waals surface area contributed by atoms with Gasteiger partial charge in [-0.1, -0.05) is 6.92 Å². The van der Waals surface area contributed by atoms with Gasteiger partial charge >= 0.3 is 6.09 Å². The molecule has 1 aliphatic heterocycles. The average molecular weight is 556 g/mol. The molecule has 2 aromatic heterocycles. The SMILES string of the molecule is COCCCc1ncc(C#N)cc1Nc1nccc(-c2cc(C#N)c3c(c2)[C@@](C)(CO)CN3C(=O)OC(C)(C)C)n1. The van der Waals surface area contributed by atoms with Gasteiger partial charge in [0.2, 0.25) is 5.95 Å². The van der Waals surface area contributed by atoms with Gasteiger partial charge in [0.25, 0.3) is 0 Å². The smallest absolute Gasteiger partial charge is 0.414 e. The van der Waals surface area contributed by atoms with Crippen molar-refractivity contribution < 1.29 is 19.4 Å². The summed E-state index contributed by atoms with van der Waals surface area (Å²) in [7, 11) is 1.64. The molecule has 0 bridgehead atoms. The molecule has 0 radical (unpaired) electrons. The summed E-state index contributed by atoms with van der Waals surface area (Å²) in [5.74, 6) is 0.284. The van der Waals surface area contributed by atoms with Gasteiger partial charge < -0.3 is 19.9 Å². The van der Waals surface area contributed by atoms with Crippen LogP contribution >= 0.6 is 0 Å². The molecule has 1 aromatic carbocycles. The summed E-state index contributed by atoms with van der Waals surface area (Å²) in [4.78, 5) is 28.0. The number of carbonyl (C=O) groups excluding carboxylic acids is 1. The van der Waals surface area contributed by atoms with Crippen molar-refractivity contribution in [2.75, 3.05) is 37.1 Å². The fraction of sp³-hybridized carbons (Fsp3) is 0.400. The van der Waals surface area contributed by atoms with Crippen molar-refractivity contribution in [2.24, 2.45) is 0 Å². The Bertz CT molecular complexity index is 1540. The number of aliphatic hydroxyl groups excluding tert-OH is 1. The average Bonchev–Trinajstić information content (AvgIpc) is 3.26. The lowest BCUT2D eigenvalue weighted by Gasteiger charge is -2.26. The van der Waals surface area contributed by atoms with E-state index in [0.717, 1.165) is 12.1 Å². The Labute approximate surface area is 239 Å². The zero-order valence-corrected chi connectivity index (χ0v) is 23.9. The van der Waals surface area contributed by atoms with Crippen molar-refractivity contribution in [3.05, 3.63) is 59.0 Å². The molecule has 212 valence electrons. The highest BCUT2D eigenvalue weighted by Crippen LogP contribution is 2.45. The molecule has 2 N–H and O–H groups in total. The number of hydrogen-bond acceptors (Lipinski definition) is 10. The maximum absolute atomic E-state index is 13.1. The van der Waals surface area contributed by atoms with Crippen LogP contribution in [0.25, 0.3) is 11.3 Å². The highest BCUT2D eigenvalue weighted by molar-refractivity contribution is 5.95. The van der Waals surface area contributed by atoms with Crippen molar-refractivity contribution in [3.8, 4) is 23.4 Å². The van der Waals surface area contributed by atoms with Gasteiger partial charge in [0.05, 0.1) is 40.5 Å². The summed E-state index contributed by atoms with van der Waals surface area (Å²) in [6.07, 6.45) is 3.92. The number of amides is 1. The number of fused-ring (bicyclic) bond motifs is 1. The number of rotatable bonds is 8. The van der Waals surface area contributed by atoms with Crippen molar-refractivity contribution in [1.29, 1.82) is 10.5 Å². The molecular weight excluding hydrogens is 522 g/mol. The van der Waals surface area contributed by atoms with Crippen molar-refractivity contribution in [2.45, 2.75) is 51.6 Å². The van der Waals surface area contributed by atoms with Crippen molar-refractivity contribution in [3.63, 3.8) is 0 Å². The first-order valence-corrected chi connectivity index (χ1v) is 13.2. The standard InChI is InChI=1S/C30H33N7O4/c1-29(2,3)41-28(39)37-17-30(4,18-38)22-13-20(12-21(15-32)26(22)37)23-8-9-33-27(35-23)36-25-11-19(14-31)16-34-24(25)7-6-10-40-5/h8-9,11-13,16,38H,6-7,10,17-18H2,1-5H3,(H,33,35,36)/t30-/m1/s1. The van der Waals surface area contributed by atoms with Gasteiger partial charge in [-0.2, -0.15) is 10.5 Å². The Kier molecular flexibility index (Phi) is 8.52. The summed E-state index contributed by atoms with van der Waals surface area (Å²) in [5.41, 5.74) is 2.72. The van der Waals surface area contributed by atoms with Gasteiger partial charge in [-0.05, 0) is 63.4 Å². The fourth-order valence-corrected chi connectivity index (χ4v) is 4.69. The van der Waals surface area contributed by atoms with E-state index in [0.29, 0.717) is 46.8 Å². The third kappa shape index (κ3) is 6.43. The predicted octanol–water partition coefficient (Wildman–Crippen LogP) is 4.61. The molecule has 11 nitrogen and oxygen atoms in total. The van der Waals surface area contributed by atoms with Crippen LogP contribution in [-0.2, 0) is 21.3 Å². The number of pyridine rings is 1. The Morgan fingerprint density at radius 1 is 1.22 bits per heavy atom. The Morgan fingerprint density at radius 2 is 2.00 bits per heavy atom. The van der Waals surface area contributed by atoms with Crippen LogP contribution in [0, 0.1) is 22.7 Å². The van der Waals surface area contributed by atoms with Crippen LogP contribution in [0.15, 0.2) is 36.7 Å². The van der Waals surface area contributed by atoms with E-state index in [1.165, 1.54) is 11.1 Å². The van der Waals surface area contributed by atoms with Crippen LogP contribution in [0.3, 0.4) is 0 Å². The lowest BCUT2D eigenvalue weighted by atomic mass is 9.83. The number of nitriles is 2. The topological polar surface area (TPSA) is 157 Å². The maximum Gasteiger partial charge on any atom is 0.414 e. The molecule has 1 amide bonds. The van der Waals surface area contributed by atoms with E-state index in [1.54, 1.807) is 52.3 Å². The number of aliphatic hydroxyl groups is 1. The summed E-state index contributed by atoms with van der Waals surface area (Å²) in [6.45, 7) is 7.67. The number of aryl methyl sites for hydroxylation is 1. The van der Waals surface area contributed by atoms with Crippen molar-refractivity contribution in [1.82, 2.24) is 15.0 Å². The molecule has 3 aromatic rings. The summed E-state index contributed by atoms with van der Waals surface area (Å²) in [5, 5.41) is 33.0. The molecule has 0 saturated carbocycles. The molecule has 1 atom stereocenters. The number of nitrogens with zero attached hydrogens (tertiary/aromatic N) is 6. The lowest BCUT2D eigenvalue weighted by Crippen LogP contribution is -2.40. The number of benzene rings is 1. The van der Waals surface area contributed by atoms with E-state index in [2.05, 4.69) is 32.4 Å². The Balaban J connectivity index is 1.73. The second-order valence-corrected chi connectivity index (χ2v) is 11.1. The Hall–Kier alpha value is -4.58. The first-order valence-electron chi connectivity index (χ1n) is 13.2. The third-order valence-electron chi connectivity index (χ3n) is 6.68. The number of methoxy groups -OCH3 is 1. The highest BCUT2D eigenvalue weighted by Gasteiger charge is 2.44. The maximum atomic E-state index is 13.1. The third-order valence-corrected chi connectivity index (χ3v) is 6.68. The van der Waals surface area contributed by atoms with Gasteiger partial charge in [0, 0.05) is 43.6 Å². The molecule has 0 unspecified atom stereocenters. The van der Waals surface area contributed by atoms with Crippen LogP contribution in [0.2, 0.25) is 0 Å². The van der Waals surface area contributed by atoms with E-state index in [-0.39, 0.29) is 24.7 Å². The molecule has 3 heterocycles. The molecule has 0 aliphatic carbocycles. The van der Waals surface area contributed by atoms with E-state index in [1.807, 2.05) is 13.0 Å². The lowest BCUT2D eigenvalue weighted by molar-refractivity contribution is 0.0575. The van der Waals surface area contributed by atoms with Gasteiger partial charge in [-0.15, -0.1) is 0 Å². The second kappa shape index (κ2) is 11.9. The minimum absolute atomic E-state index is 0.163. The number of ether oxygens (including phenoxy) is 2. The summed E-state index contributed by atoms with van der Waals surface area (Å²) < 4.78 is 10.7. The predicted molar refractivity (Wildman–Crippen MR) is 153 cm³/mol. The fourth-order valence-electron chi connectivity index (χ4n) is 4.69. The molecule has 0 spiro atoms. The number of carbonyl (C=O) groups is 1. The van der Waals surface area contributed by atoms with E-state index < -0.39 is 17.1 Å². The largest absolute Gasteiger partial charge is 0.443 e. The number of hydrogen-bond donors (Lipinski definition) is 2. The Morgan fingerprint density at radius 3 is 2.66 bits per heavy atom. The molecule has 41 heavy (non-hydrogen) atoms. The van der Waals surface area contributed by atoms with Gasteiger partial charge in [-0.25, -0.2) is 14.8 Å². The number of nitrogens with one attached hydrogen (secondary N) is 1. The van der Waals surface area contributed by atoms with Crippen LogP contribution in [0.5, 0.6) is 0 Å². The highest BCUT2D eigenvalue weighted by atomic mass is 16.6. The second-order valence-electron chi connectivity index (χ2n) is 11.1. The summed E-state index contributed by atoms with van der Waals surface area (Å²) >= 11 is 0. The zero-order chi connectivity index (χ0) is 29.8. The van der Waals surface area contributed by atoms with Crippen LogP contribution in [0.4, 0.5) is 22.1 Å². The normalized spacial score (nSPS) is 16.0. The first-order chi connectivity index (χ1) is 19.5. The van der Waals surface area contributed by atoms with Crippen LogP contribution in [-0.4, -0.2) is 58.6 Å². The van der Waals surface area contributed by atoms with Crippen molar-refractivity contribution >= 4 is 23.4 Å². The molecule has 0 fully saturated rings. The van der Waals surface area contributed by atoms with E-state index >= 15 is 0 Å². The minimum atomic E-state index is -0.817. The van der Waals surface area contributed by atoms with Gasteiger partial charge in [0.15, 0.2) is 0 Å². The number of aromatic nitrogens is 3. The van der Waals surface area contributed by atoms with Crippen LogP contribution in [0.1, 0.15) is 56.5 Å². The number of anilines is 3. The molecule has 0 saturated heterocycles. The molecule has 4 rings (SSSR count). The molecule has 1 aliphatic rings. The minimum Gasteiger partial charge on any atom is -0.443 e. The monoisotopic (exact) mass is 555 g/mol.